The van der Waals surface area contributed by atoms with Crippen LogP contribution in [-0.4, -0.2) is 14.2 Å². The van der Waals surface area contributed by atoms with E-state index in [1.54, 1.807) is 7.11 Å². The summed E-state index contributed by atoms with van der Waals surface area (Å²) >= 11 is 6.15. The number of benzene rings is 1. The minimum atomic E-state index is 0.334. The number of nitrogens with one attached hydrogen (secondary N) is 1. The molecule has 1 fully saturated rings. The van der Waals surface area contributed by atoms with E-state index in [1.165, 1.54) is 31.2 Å². The lowest BCUT2D eigenvalue weighted by atomic mass is 9.77. The van der Waals surface area contributed by atoms with Gasteiger partial charge in [0.1, 0.15) is 5.75 Å². The van der Waals surface area contributed by atoms with Crippen molar-refractivity contribution in [3.8, 4) is 5.75 Å². The van der Waals surface area contributed by atoms with Gasteiger partial charge in [0.15, 0.2) is 0 Å². The van der Waals surface area contributed by atoms with Gasteiger partial charge in [-0.15, -0.1) is 0 Å². The number of rotatable bonds is 4. The third-order valence-electron chi connectivity index (χ3n) is 4.37. The van der Waals surface area contributed by atoms with Crippen molar-refractivity contribution in [3.63, 3.8) is 0 Å². The van der Waals surface area contributed by atoms with Gasteiger partial charge in [-0.3, -0.25) is 0 Å². The summed E-state index contributed by atoms with van der Waals surface area (Å²) < 4.78 is 5.50. The zero-order valence-corrected chi connectivity index (χ0v) is 12.8. The van der Waals surface area contributed by atoms with Crippen LogP contribution in [0.5, 0.6) is 5.75 Å². The van der Waals surface area contributed by atoms with Gasteiger partial charge >= 0.3 is 0 Å². The molecule has 0 saturated heterocycles. The molecular weight excluding hydrogens is 258 g/mol. The molecule has 2 nitrogen and oxygen atoms in total. The average molecular weight is 282 g/mol. The van der Waals surface area contributed by atoms with Crippen LogP contribution in [0.2, 0.25) is 5.02 Å². The number of halogens is 1. The molecule has 0 aliphatic heterocycles. The molecule has 3 heteroatoms. The van der Waals surface area contributed by atoms with Gasteiger partial charge in [0, 0.05) is 16.6 Å². The van der Waals surface area contributed by atoms with E-state index in [2.05, 4.69) is 12.2 Å². The molecule has 1 aliphatic rings. The van der Waals surface area contributed by atoms with Crippen LogP contribution in [-0.2, 0) is 0 Å². The second kappa shape index (κ2) is 6.62. The van der Waals surface area contributed by atoms with Crippen LogP contribution in [0, 0.1) is 11.8 Å². The minimum Gasteiger partial charge on any atom is -0.496 e. The van der Waals surface area contributed by atoms with Crippen molar-refractivity contribution in [2.75, 3.05) is 14.2 Å². The number of ether oxygens (including phenoxy) is 1. The highest BCUT2D eigenvalue weighted by Gasteiger charge is 2.28. The maximum atomic E-state index is 6.15. The van der Waals surface area contributed by atoms with Crippen LogP contribution in [0.4, 0.5) is 0 Å². The lowest BCUT2D eigenvalue weighted by Crippen LogP contribution is -2.28. The van der Waals surface area contributed by atoms with Crippen molar-refractivity contribution in [1.82, 2.24) is 5.32 Å². The van der Waals surface area contributed by atoms with E-state index in [0.29, 0.717) is 12.0 Å². The Morgan fingerprint density at radius 1 is 1.26 bits per heavy atom. The summed E-state index contributed by atoms with van der Waals surface area (Å²) in [5.41, 5.74) is 1.19. The van der Waals surface area contributed by atoms with E-state index in [4.69, 9.17) is 16.3 Å². The Hall–Kier alpha value is -0.730. The Morgan fingerprint density at radius 3 is 2.53 bits per heavy atom. The topological polar surface area (TPSA) is 21.3 Å². The van der Waals surface area contributed by atoms with Gasteiger partial charge in [-0.1, -0.05) is 31.4 Å². The predicted molar refractivity (Wildman–Crippen MR) is 80.9 cm³/mol. The second-order valence-electron chi connectivity index (χ2n) is 5.67. The first-order valence-electron chi connectivity index (χ1n) is 7.16. The third-order valence-corrected chi connectivity index (χ3v) is 4.60. The highest BCUT2D eigenvalue weighted by molar-refractivity contribution is 6.30. The summed E-state index contributed by atoms with van der Waals surface area (Å²) in [4.78, 5) is 0. The molecule has 106 valence electrons. The fourth-order valence-electron chi connectivity index (χ4n) is 3.21. The summed E-state index contributed by atoms with van der Waals surface area (Å²) in [7, 11) is 3.76. The average Bonchev–Trinajstić information content (AvgIpc) is 2.42. The summed E-state index contributed by atoms with van der Waals surface area (Å²) in [5.74, 6) is 2.48. The molecule has 2 rings (SSSR count). The monoisotopic (exact) mass is 281 g/mol. The van der Waals surface area contributed by atoms with Crippen molar-refractivity contribution in [1.29, 1.82) is 0 Å². The van der Waals surface area contributed by atoms with Crippen LogP contribution in [0.1, 0.15) is 44.2 Å². The highest BCUT2D eigenvalue weighted by atomic mass is 35.5. The SMILES string of the molecule is CNC(c1cc(Cl)ccc1OC)C1CCC(C)CC1. The van der Waals surface area contributed by atoms with Crippen molar-refractivity contribution < 1.29 is 4.74 Å². The van der Waals surface area contributed by atoms with Crippen LogP contribution < -0.4 is 10.1 Å². The van der Waals surface area contributed by atoms with E-state index in [9.17, 15) is 0 Å². The molecule has 0 heterocycles. The van der Waals surface area contributed by atoms with Gasteiger partial charge in [0.2, 0.25) is 0 Å². The number of hydrogen-bond donors (Lipinski definition) is 1. The maximum Gasteiger partial charge on any atom is 0.123 e. The summed E-state index contributed by atoms with van der Waals surface area (Å²) in [5, 5.41) is 4.24. The van der Waals surface area contributed by atoms with E-state index < -0.39 is 0 Å². The Balaban J connectivity index is 2.23. The first kappa shape index (κ1) is 14.7. The first-order valence-corrected chi connectivity index (χ1v) is 7.54. The van der Waals surface area contributed by atoms with E-state index in [1.807, 2.05) is 25.2 Å². The van der Waals surface area contributed by atoms with Crippen LogP contribution in [0.25, 0.3) is 0 Å². The fourth-order valence-corrected chi connectivity index (χ4v) is 3.39. The Bertz CT molecular complexity index is 413. The van der Waals surface area contributed by atoms with E-state index >= 15 is 0 Å². The molecular formula is C16H24ClNO. The van der Waals surface area contributed by atoms with Gasteiger partial charge in [0.25, 0.3) is 0 Å². The molecule has 1 unspecified atom stereocenters. The molecule has 0 radical (unpaired) electrons. The molecule has 0 spiro atoms. The zero-order valence-electron chi connectivity index (χ0n) is 12.1. The molecule has 0 bridgehead atoms. The number of hydrogen-bond acceptors (Lipinski definition) is 2. The molecule has 1 N–H and O–H groups in total. The summed E-state index contributed by atoms with van der Waals surface area (Å²) in [6, 6.07) is 6.23. The molecule has 19 heavy (non-hydrogen) atoms. The standard InChI is InChI=1S/C16H24ClNO/c1-11-4-6-12(7-5-11)16(18-2)14-10-13(17)8-9-15(14)19-3/h8-12,16,18H,4-7H2,1-3H3. The third kappa shape index (κ3) is 3.43. The van der Waals surface area contributed by atoms with Gasteiger partial charge in [-0.05, 0) is 49.9 Å². The van der Waals surface area contributed by atoms with E-state index in [0.717, 1.165) is 16.7 Å². The quantitative estimate of drug-likeness (QED) is 0.881. The Labute approximate surface area is 121 Å². The molecule has 0 amide bonds. The van der Waals surface area contributed by atoms with Crippen LogP contribution in [0.15, 0.2) is 18.2 Å². The van der Waals surface area contributed by atoms with Crippen molar-refractivity contribution >= 4 is 11.6 Å². The number of methoxy groups -OCH3 is 1. The molecule has 1 aliphatic carbocycles. The van der Waals surface area contributed by atoms with Crippen molar-refractivity contribution in [2.24, 2.45) is 11.8 Å². The molecule has 1 saturated carbocycles. The Kier molecular flexibility index (Phi) is 5.12. The lowest BCUT2D eigenvalue weighted by Gasteiger charge is -2.33. The summed E-state index contributed by atoms with van der Waals surface area (Å²) in [6.45, 7) is 2.35. The zero-order chi connectivity index (χ0) is 13.8. The van der Waals surface area contributed by atoms with Crippen LogP contribution >= 0.6 is 11.6 Å². The van der Waals surface area contributed by atoms with Crippen molar-refractivity contribution in [3.05, 3.63) is 28.8 Å². The minimum absolute atomic E-state index is 0.334. The lowest BCUT2D eigenvalue weighted by molar-refractivity contribution is 0.234. The molecule has 0 aromatic heterocycles. The fraction of sp³-hybridized carbons (Fsp3) is 0.625. The second-order valence-corrected chi connectivity index (χ2v) is 6.11. The van der Waals surface area contributed by atoms with E-state index in [-0.39, 0.29) is 0 Å². The predicted octanol–water partition coefficient (Wildman–Crippen LogP) is 4.44. The summed E-state index contributed by atoms with van der Waals surface area (Å²) in [6.07, 6.45) is 5.21. The van der Waals surface area contributed by atoms with Crippen LogP contribution in [0.3, 0.4) is 0 Å². The highest BCUT2D eigenvalue weighted by Crippen LogP contribution is 2.40. The smallest absolute Gasteiger partial charge is 0.123 e. The normalized spacial score (nSPS) is 25.1. The van der Waals surface area contributed by atoms with Gasteiger partial charge in [-0.2, -0.15) is 0 Å². The molecule has 1 aromatic carbocycles. The molecule has 1 aromatic rings. The molecule has 1 atom stereocenters. The van der Waals surface area contributed by atoms with Gasteiger partial charge in [-0.25, -0.2) is 0 Å². The first-order chi connectivity index (χ1) is 9.15. The van der Waals surface area contributed by atoms with Gasteiger partial charge in [0.05, 0.1) is 7.11 Å². The maximum absolute atomic E-state index is 6.15. The Morgan fingerprint density at radius 2 is 1.95 bits per heavy atom. The van der Waals surface area contributed by atoms with Gasteiger partial charge < -0.3 is 10.1 Å². The van der Waals surface area contributed by atoms with Crippen molar-refractivity contribution in [2.45, 2.75) is 38.6 Å². The largest absolute Gasteiger partial charge is 0.496 e.